The zero-order valence-electron chi connectivity index (χ0n) is 7.72. The minimum absolute atomic E-state index is 0.261. The van der Waals surface area contributed by atoms with E-state index >= 15 is 0 Å². The van der Waals surface area contributed by atoms with Crippen molar-refractivity contribution in [2.24, 2.45) is 5.92 Å². The monoisotopic (exact) mass is 189 g/mol. The van der Waals surface area contributed by atoms with Gasteiger partial charge in [-0.25, -0.2) is 0 Å². The average molecular weight is 189 g/mol. The number of nitrogens with one attached hydrogen (secondary N) is 1. The van der Waals surface area contributed by atoms with Crippen LogP contribution in [0, 0.1) is 5.92 Å². The number of carbonyl (C=O) groups excluding carboxylic acids is 1. The van der Waals surface area contributed by atoms with Crippen LogP contribution in [0.3, 0.4) is 0 Å². The van der Waals surface area contributed by atoms with Crippen molar-refractivity contribution in [1.29, 1.82) is 0 Å². The Balaban J connectivity index is 3.91. The van der Waals surface area contributed by atoms with E-state index in [-0.39, 0.29) is 11.9 Å². The molecule has 0 radical (unpaired) electrons. The van der Waals surface area contributed by atoms with E-state index in [1.807, 2.05) is 6.92 Å². The Morgan fingerprint density at radius 3 is 2.58 bits per heavy atom. The lowest BCUT2D eigenvalue weighted by molar-refractivity contribution is -0.145. The Kier molecular flexibility index (Phi) is 5.62. The van der Waals surface area contributed by atoms with E-state index in [0.717, 1.165) is 6.54 Å². The third-order valence-electron chi connectivity index (χ3n) is 1.38. The molecular weight excluding hydrogens is 174 g/mol. The van der Waals surface area contributed by atoms with Crippen molar-refractivity contribution < 1.29 is 9.53 Å². The minimum atomic E-state index is -0.333. The summed E-state index contributed by atoms with van der Waals surface area (Å²) in [7, 11) is 0. The molecule has 0 aliphatic rings. The molecule has 0 aliphatic heterocycles. The molecule has 3 nitrogen and oxygen atoms in total. The first kappa shape index (κ1) is 11.4. The molecule has 0 saturated carbocycles. The predicted octanol–water partition coefficient (Wildman–Crippen LogP) is 1.12. The number of esters is 1. The largest absolute Gasteiger partial charge is 0.465 e. The van der Waals surface area contributed by atoms with Gasteiger partial charge in [0, 0.05) is 6.54 Å². The number of carbonyl (C=O) groups is 1. The number of thiocarbonyl (C=S) groups is 1. The summed E-state index contributed by atoms with van der Waals surface area (Å²) in [5.41, 5.74) is 0. The smallest absolute Gasteiger partial charge is 0.315 e. The van der Waals surface area contributed by atoms with Crippen LogP contribution in [0.4, 0.5) is 0 Å². The van der Waals surface area contributed by atoms with Crippen LogP contribution in [0.15, 0.2) is 0 Å². The Labute approximate surface area is 78.5 Å². The van der Waals surface area contributed by atoms with Gasteiger partial charge < -0.3 is 10.1 Å². The maximum absolute atomic E-state index is 11.1. The molecule has 0 aromatic rings. The molecule has 70 valence electrons. The Hall–Kier alpha value is -0.640. The van der Waals surface area contributed by atoms with Crippen LogP contribution in [0.25, 0.3) is 0 Å². The van der Waals surface area contributed by atoms with Crippen LogP contribution < -0.4 is 5.32 Å². The second kappa shape index (κ2) is 5.94. The van der Waals surface area contributed by atoms with Crippen molar-refractivity contribution >= 4 is 23.2 Å². The molecule has 0 rings (SSSR count). The molecule has 1 N–H and O–H groups in total. The van der Waals surface area contributed by atoms with Crippen molar-refractivity contribution in [1.82, 2.24) is 5.32 Å². The number of rotatable bonds is 4. The van der Waals surface area contributed by atoms with E-state index in [2.05, 4.69) is 5.32 Å². The standard InChI is InChI=1S/C8H15NO2S/c1-4-9-7(12)6(3)8(10)11-5-2/h6H,4-5H2,1-3H3,(H,9,12). The molecule has 0 aromatic carbocycles. The highest BCUT2D eigenvalue weighted by Crippen LogP contribution is 2.00. The summed E-state index contributed by atoms with van der Waals surface area (Å²) < 4.78 is 4.80. The van der Waals surface area contributed by atoms with Gasteiger partial charge >= 0.3 is 5.97 Å². The predicted molar refractivity (Wildman–Crippen MR) is 52.1 cm³/mol. The van der Waals surface area contributed by atoms with Gasteiger partial charge in [-0.05, 0) is 20.8 Å². The molecule has 0 aromatic heterocycles. The fourth-order valence-electron chi connectivity index (χ4n) is 0.702. The molecule has 0 aliphatic carbocycles. The van der Waals surface area contributed by atoms with Gasteiger partial charge in [-0.1, -0.05) is 12.2 Å². The minimum Gasteiger partial charge on any atom is -0.465 e. The Bertz CT molecular complexity index is 152. The molecule has 1 unspecified atom stereocenters. The molecule has 0 fully saturated rings. The maximum Gasteiger partial charge on any atom is 0.315 e. The molecule has 0 heterocycles. The molecule has 0 saturated heterocycles. The van der Waals surface area contributed by atoms with Gasteiger partial charge in [-0.3, -0.25) is 4.79 Å². The fourth-order valence-corrected chi connectivity index (χ4v) is 0.942. The van der Waals surface area contributed by atoms with E-state index in [1.165, 1.54) is 0 Å². The summed E-state index contributed by atoms with van der Waals surface area (Å²) >= 11 is 4.95. The van der Waals surface area contributed by atoms with Gasteiger partial charge in [-0.15, -0.1) is 0 Å². The maximum atomic E-state index is 11.1. The van der Waals surface area contributed by atoms with E-state index in [9.17, 15) is 4.79 Å². The summed E-state index contributed by atoms with van der Waals surface area (Å²) in [5, 5.41) is 2.92. The van der Waals surface area contributed by atoms with Gasteiger partial charge in [0.05, 0.1) is 11.6 Å². The van der Waals surface area contributed by atoms with E-state index in [1.54, 1.807) is 13.8 Å². The normalized spacial score (nSPS) is 11.9. The molecule has 1 atom stereocenters. The van der Waals surface area contributed by atoms with Gasteiger partial charge in [0.1, 0.15) is 5.92 Å². The van der Waals surface area contributed by atoms with Crippen LogP contribution in [0.2, 0.25) is 0 Å². The zero-order chi connectivity index (χ0) is 9.56. The zero-order valence-corrected chi connectivity index (χ0v) is 8.53. The lowest BCUT2D eigenvalue weighted by Gasteiger charge is -2.12. The van der Waals surface area contributed by atoms with Gasteiger partial charge in [-0.2, -0.15) is 0 Å². The third kappa shape index (κ3) is 3.67. The van der Waals surface area contributed by atoms with Crippen LogP contribution in [0.5, 0.6) is 0 Å². The molecule has 0 amide bonds. The van der Waals surface area contributed by atoms with Crippen LogP contribution in [-0.2, 0) is 9.53 Å². The van der Waals surface area contributed by atoms with Gasteiger partial charge in [0.15, 0.2) is 0 Å². The van der Waals surface area contributed by atoms with Crippen LogP contribution in [-0.4, -0.2) is 24.1 Å². The summed E-state index contributed by atoms with van der Waals surface area (Å²) in [5.74, 6) is -0.594. The Morgan fingerprint density at radius 1 is 1.58 bits per heavy atom. The van der Waals surface area contributed by atoms with E-state index < -0.39 is 0 Å². The van der Waals surface area contributed by atoms with Crippen LogP contribution >= 0.6 is 12.2 Å². The first-order valence-corrected chi connectivity index (χ1v) is 4.48. The summed E-state index contributed by atoms with van der Waals surface area (Å²) in [4.78, 5) is 11.7. The lowest BCUT2D eigenvalue weighted by Crippen LogP contribution is -2.32. The van der Waals surface area contributed by atoms with Crippen molar-refractivity contribution in [3.63, 3.8) is 0 Å². The number of hydrogen-bond acceptors (Lipinski definition) is 3. The summed E-state index contributed by atoms with van der Waals surface area (Å²) in [6.45, 7) is 6.59. The van der Waals surface area contributed by atoms with Gasteiger partial charge in [0.25, 0.3) is 0 Å². The first-order chi connectivity index (χ1) is 5.63. The van der Waals surface area contributed by atoms with Crippen molar-refractivity contribution in [3.8, 4) is 0 Å². The Morgan fingerprint density at radius 2 is 2.17 bits per heavy atom. The fraction of sp³-hybridized carbons (Fsp3) is 0.750. The summed E-state index contributed by atoms with van der Waals surface area (Å²) in [6, 6.07) is 0. The average Bonchev–Trinajstić information content (AvgIpc) is 2.04. The molecule has 4 heteroatoms. The van der Waals surface area contributed by atoms with E-state index in [4.69, 9.17) is 17.0 Å². The second-order valence-electron chi connectivity index (χ2n) is 2.37. The molecule has 0 spiro atoms. The highest BCUT2D eigenvalue weighted by Gasteiger charge is 2.17. The van der Waals surface area contributed by atoms with Crippen molar-refractivity contribution in [2.45, 2.75) is 20.8 Å². The molecular formula is C8H15NO2S. The second-order valence-corrected chi connectivity index (χ2v) is 2.81. The lowest BCUT2D eigenvalue weighted by atomic mass is 10.2. The van der Waals surface area contributed by atoms with Gasteiger partial charge in [0.2, 0.25) is 0 Å². The molecule has 0 bridgehead atoms. The molecule has 12 heavy (non-hydrogen) atoms. The quantitative estimate of drug-likeness (QED) is 0.531. The van der Waals surface area contributed by atoms with E-state index in [0.29, 0.717) is 11.6 Å². The number of ether oxygens (including phenoxy) is 1. The first-order valence-electron chi connectivity index (χ1n) is 4.07. The van der Waals surface area contributed by atoms with Crippen molar-refractivity contribution in [3.05, 3.63) is 0 Å². The SMILES string of the molecule is CCNC(=S)C(C)C(=O)OCC. The highest BCUT2D eigenvalue weighted by atomic mass is 32.1. The topological polar surface area (TPSA) is 38.3 Å². The van der Waals surface area contributed by atoms with Crippen LogP contribution in [0.1, 0.15) is 20.8 Å². The summed E-state index contributed by atoms with van der Waals surface area (Å²) in [6.07, 6.45) is 0. The number of hydrogen-bond donors (Lipinski definition) is 1. The third-order valence-corrected chi connectivity index (χ3v) is 1.88. The highest BCUT2D eigenvalue weighted by molar-refractivity contribution is 7.80. The van der Waals surface area contributed by atoms with Crippen molar-refractivity contribution in [2.75, 3.05) is 13.2 Å².